The monoisotopic (exact) mass is 339 g/mol. The van der Waals surface area contributed by atoms with Crippen molar-refractivity contribution in [2.45, 2.75) is 19.8 Å². The summed E-state index contributed by atoms with van der Waals surface area (Å²) in [5.74, 6) is 2.26. The number of benzene rings is 1. The van der Waals surface area contributed by atoms with Crippen molar-refractivity contribution < 1.29 is 9.31 Å². The second-order valence-electron chi connectivity index (χ2n) is 6.85. The van der Waals surface area contributed by atoms with E-state index in [4.69, 9.17) is 4.74 Å². The van der Waals surface area contributed by atoms with E-state index in [0.717, 1.165) is 34.9 Å². The smallest absolute Gasteiger partial charge is 0.350 e. The van der Waals surface area contributed by atoms with Crippen LogP contribution in [0, 0.1) is 12.8 Å². The Morgan fingerprint density at radius 2 is 2.08 bits per heavy atom. The zero-order valence-corrected chi connectivity index (χ0v) is 15.6. The molecule has 132 valence electrons. The van der Waals surface area contributed by atoms with Crippen LogP contribution < -0.4 is 4.74 Å². The third-order valence-electron chi connectivity index (χ3n) is 4.82. The summed E-state index contributed by atoms with van der Waals surface area (Å²) in [6.07, 6.45) is 4.76. The summed E-state index contributed by atoms with van der Waals surface area (Å²) >= 11 is 0. The van der Waals surface area contributed by atoms with E-state index in [1.54, 1.807) is 7.11 Å². The molecule has 1 atom stereocenters. The van der Waals surface area contributed by atoms with Crippen molar-refractivity contribution >= 4 is 12.0 Å². The lowest BCUT2D eigenvalue weighted by molar-refractivity contribution is -0.407. The fourth-order valence-electron chi connectivity index (χ4n) is 3.51. The Morgan fingerprint density at radius 3 is 2.76 bits per heavy atom. The van der Waals surface area contributed by atoms with Crippen LogP contribution in [0.2, 0.25) is 0 Å². The Balaban J connectivity index is 1.83. The summed E-state index contributed by atoms with van der Waals surface area (Å²) in [5, 5.41) is 8.88. The van der Waals surface area contributed by atoms with Crippen molar-refractivity contribution in [2.24, 2.45) is 5.92 Å². The second-order valence-corrected chi connectivity index (χ2v) is 6.85. The van der Waals surface area contributed by atoms with Gasteiger partial charge in [-0.05, 0) is 56.2 Å². The molecule has 1 aromatic carbocycles. The van der Waals surface area contributed by atoms with Crippen molar-refractivity contribution in [2.75, 3.05) is 34.3 Å². The molecule has 0 amide bonds. The standard InChI is InChI=1S/C20H27N4O/c1-15-7-5-9-18(25-4)20(15)17-10-11-19(22-21-17)24(3)14-16-8-6-12-23(2)13-16/h5,7,9-11,14,16H,6,8,12-13H2,1-4H3/q+1. The van der Waals surface area contributed by atoms with Crippen LogP contribution in [-0.2, 0) is 0 Å². The van der Waals surface area contributed by atoms with Gasteiger partial charge in [0, 0.05) is 24.1 Å². The Hall–Kier alpha value is -2.27. The molecule has 0 saturated carbocycles. The summed E-state index contributed by atoms with van der Waals surface area (Å²) in [7, 11) is 5.92. The summed E-state index contributed by atoms with van der Waals surface area (Å²) in [5.41, 5.74) is 2.97. The molecule has 1 saturated heterocycles. The van der Waals surface area contributed by atoms with Gasteiger partial charge in [0.05, 0.1) is 25.5 Å². The lowest BCUT2D eigenvalue weighted by Crippen LogP contribution is -2.33. The number of aromatic nitrogens is 2. The maximum absolute atomic E-state index is 5.48. The van der Waals surface area contributed by atoms with Crippen LogP contribution in [0.3, 0.4) is 0 Å². The van der Waals surface area contributed by atoms with E-state index in [0.29, 0.717) is 5.92 Å². The van der Waals surface area contributed by atoms with Gasteiger partial charge in [0.1, 0.15) is 11.4 Å². The number of hydrogen-bond donors (Lipinski definition) is 0. The van der Waals surface area contributed by atoms with Crippen LogP contribution >= 0.6 is 0 Å². The number of likely N-dealkylation sites (tertiary alicyclic amines) is 1. The molecular formula is C20H27N4O+. The van der Waals surface area contributed by atoms with Gasteiger partial charge < -0.3 is 9.64 Å². The minimum atomic E-state index is 0.571. The third-order valence-corrected chi connectivity index (χ3v) is 4.82. The van der Waals surface area contributed by atoms with Gasteiger partial charge in [0.15, 0.2) is 0 Å². The predicted molar refractivity (Wildman–Crippen MR) is 101 cm³/mol. The molecule has 0 bridgehead atoms. The zero-order chi connectivity index (χ0) is 17.8. The van der Waals surface area contributed by atoms with Gasteiger partial charge in [-0.25, -0.2) is 4.58 Å². The van der Waals surface area contributed by atoms with E-state index < -0.39 is 0 Å². The second kappa shape index (κ2) is 7.74. The van der Waals surface area contributed by atoms with E-state index in [9.17, 15) is 0 Å². The largest absolute Gasteiger partial charge is 0.496 e. The first kappa shape index (κ1) is 17.5. The first-order valence-corrected chi connectivity index (χ1v) is 8.82. The summed E-state index contributed by atoms with van der Waals surface area (Å²) in [6.45, 7) is 4.37. The number of piperidine rings is 1. The number of methoxy groups -OCH3 is 1. The number of ether oxygens (including phenoxy) is 1. The highest BCUT2D eigenvalue weighted by Gasteiger charge is 2.19. The Bertz CT molecular complexity index is 755. The van der Waals surface area contributed by atoms with Crippen LogP contribution in [0.1, 0.15) is 18.4 Å². The van der Waals surface area contributed by atoms with Gasteiger partial charge in [0.2, 0.25) is 0 Å². The normalized spacial score (nSPS) is 19.0. The van der Waals surface area contributed by atoms with E-state index in [1.165, 1.54) is 19.4 Å². The molecule has 1 unspecified atom stereocenters. The first-order chi connectivity index (χ1) is 12.1. The predicted octanol–water partition coefficient (Wildman–Crippen LogP) is 3.15. The van der Waals surface area contributed by atoms with Crippen molar-refractivity contribution in [3.63, 3.8) is 0 Å². The van der Waals surface area contributed by atoms with E-state index in [2.05, 4.69) is 45.9 Å². The summed E-state index contributed by atoms with van der Waals surface area (Å²) in [4.78, 5) is 2.39. The molecule has 0 radical (unpaired) electrons. The number of nitrogens with zero attached hydrogens (tertiary/aromatic N) is 4. The topological polar surface area (TPSA) is 41.3 Å². The van der Waals surface area contributed by atoms with E-state index in [1.807, 2.05) is 31.3 Å². The Morgan fingerprint density at radius 1 is 1.24 bits per heavy atom. The zero-order valence-electron chi connectivity index (χ0n) is 15.6. The lowest BCUT2D eigenvalue weighted by atomic mass is 10.00. The number of hydrogen-bond acceptors (Lipinski definition) is 4. The fraction of sp³-hybridized carbons (Fsp3) is 0.450. The third kappa shape index (κ3) is 4.04. The SMILES string of the molecule is COc1cccc(C)c1-c1ccc([N+](C)=CC2CCCN(C)C2)nn1. The van der Waals surface area contributed by atoms with E-state index in [-0.39, 0.29) is 0 Å². The number of rotatable bonds is 4. The van der Waals surface area contributed by atoms with Gasteiger partial charge in [-0.2, -0.15) is 0 Å². The minimum Gasteiger partial charge on any atom is -0.496 e. The molecule has 0 N–H and O–H groups in total. The van der Waals surface area contributed by atoms with Gasteiger partial charge >= 0.3 is 5.82 Å². The van der Waals surface area contributed by atoms with Crippen molar-refractivity contribution in [1.29, 1.82) is 0 Å². The Labute approximate surface area is 150 Å². The van der Waals surface area contributed by atoms with Gasteiger partial charge in [-0.3, -0.25) is 0 Å². The van der Waals surface area contributed by atoms with Crippen molar-refractivity contribution in [3.05, 3.63) is 35.9 Å². The van der Waals surface area contributed by atoms with E-state index >= 15 is 0 Å². The lowest BCUT2D eigenvalue weighted by Gasteiger charge is -2.26. The quantitative estimate of drug-likeness (QED) is 0.634. The number of aryl methyl sites for hydroxylation is 1. The van der Waals surface area contributed by atoms with Crippen LogP contribution in [0.25, 0.3) is 11.3 Å². The molecule has 1 fully saturated rings. The average molecular weight is 339 g/mol. The molecule has 1 aliphatic heterocycles. The molecule has 3 rings (SSSR count). The first-order valence-electron chi connectivity index (χ1n) is 8.82. The Kier molecular flexibility index (Phi) is 5.43. The maximum Gasteiger partial charge on any atom is 0.350 e. The summed E-state index contributed by atoms with van der Waals surface area (Å²) < 4.78 is 7.57. The van der Waals surface area contributed by atoms with Crippen molar-refractivity contribution in [3.8, 4) is 17.0 Å². The van der Waals surface area contributed by atoms with Crippen LogP contribution in [0.4, 0.5) is 5.82 Å². The molecule has 5 heteroatoms. The maximum atomic E-state index is 5.48. The molecule has 1 aromatic heterocycles. The molecule has 2 heterocycles. The minimum absolute atomic E-state index is 0.571. The molecule has 1 aliphatic rings. The van der Waals surface area contributed by atoms with Gasteiger partial charge in [-0.1, -0.05) is 12.1 Å². The highest BCUT2D eigenvalue weighted by atomic mass is 16.5. The molecule has 0 spiro atoms. The molecular weight excluding hydrogens is 312 g/mol. The molecule has 25 heavy (non-hydrogen) atoms. The average Bonchev–Trinajstić information content (AvgIpc) is 2.61. The highest BCUT2D eigenvalue weighted by Crippen LogP contribution is 2.31. The van der Waals surface area contributed by atoms with Crippen LogP contribution in [0.5, 0.6) is 5.75 Å². The van der Waals surface area contributed by atoms with Crippen LogP contribution in [0.15, 0.2) is 30.3 Å². The summed E-state index contributed by atoms with van der Waals surface area (Å²) in [6, 6.07) is 10.1. The molecule has 0 aliphatic carbocycles. The van der Waals surface area contributed by atoms with Crippen molar-refractivity contribution in [1.82, 2.24) is 15.1 Å². The van der Waals surface area contributed by atoms with Gasteiger partial charge in [0.25, 0.3) is 0 Å². The molecule has 2 aromatic rings. The van der Waals surface area contributed by atoms with Crippen LogP contribution in [-0.4, -0.2) is 60.2 Å². The highest BCUT2D eigenvalue weighted by molar-refractivity contribution is 5.70. The molecule has 5 nitrogen and oxygen atoms in total. The fourth-order valence-corrected chi connectivity index (χ4v) is 3.51. The van der Waals surface area contributed by atoms with Gasteiger partial charge in [-0.15, -0.1) is 0 Å².